The van der Waals surface area contributed by atoms with Gasteiger partial charge in [0.05, 0.1) is 24.2 Å². The third-order valence-electron chi connectivity index (χ3n) is 2.71. The van der Waals surface area contributed by atoms with Crippen LogP contribution >= 0.6 is 0 Å². The monoisotopic (exact) mass is 263 g/mol. The summed E-state index contributed by atoms with van der Waals surface area (Å²) in [5.74, 6) is -0.873. The second-order valence-electron chi connectivity index (χ2n) is 4.39. The predicted molar refractivity (Wildman–Crippen MR) is 71.9 cm³/mol. The number of benzene rings is 1. The van der Waals surface area contributed by atoms with Gasteiger partial charge in [-0.2, -0.15) is 5.26 Å². The summed E-state index contributed by atoms with van der Waals surface area (Å²) >= 11 is 0. The van der Waals surface area contributed by atoms with Gasteiger partial charge >= 0.3 is 0 Å². The Morgan fingerprint density at radius 3 is 2.79 bits per heavy atom. The van der Waals surface area contributed by atoms with E-state index in [2.05, 4.69) is 11.4 Å². The molecule has 1 atom stereocenters. The summed E-state index contributed by atoms with van der Waals surface area (Å²) in [6, 6.07) is 8.17. The molecule has 1 aromatic rings. The number of amides is 1. The Hall–Kier alpha value is -1.93. The summed E-state index contributed by atoms with van der Waals surface area (Å²) in [5, 5.41) is 11.3. The van der Waals surface area contributed by atoms with Gasteiger partial charge in [0, 0.05) is 6.54 Å². The van der Waals surface area contributed by atoms with Crippen molar-refractivity contribution in [3.8, 4) is 6.07 Å². The van der Waals surface area contributed by atoms with E-state index in [9.17, 15) is 9.18 Å². The fraction of sp³-hybridized carbons (Fsp3) is 0.429. The Bertz CT molecular complexity index is 470. The molecule has 0 bridgehead atoms. The lowest BCUT2D eigenvalue weighted by Gasteiger charge is -2.20. The highest BCUT2D eigenvalue weighted by Gasteiger charge is 2.13. The van der Waals surface area contributed by atoms with Crippen molar-refractivity contribution in [2.24, 2.45) is 5.92 Å². The Morgan fingerprint density at radius 1 is 1.53 bits per heavy atom. The van der Waals surface area contributed by atoms with E-state index in [-0.39, 0.29) is 24.1 Å². The van der Waals surface area contributed by atoms with Crippen molar-refractivity contribution in [2.75, 3.05) is 25.0 Å². The van der Waals surface area contributed by atoms with Gasteiger partial charge in [0.15, 0.2) is 0 Å². The van der Waals surface area contributed by atoms with Crippen LogP contribution in [0.4, 0.5) is 10.1 Å². The van der Waals surface area contributed by atoms with E-state index < -0.39 is 5.82 Å². The smallest absolute Gasteiger partial charge is 0.238 e. The van der Waals surface area contributed by atoms with Crippen molar-refractivity contribution in [3.63, 3.8) is 0 Å². The third kappa shape index (κ3) is 5.06. The van der Waals surface area contributed by atoms with Gasteiger partial charge in [0.25, 0.3) is 0 Å². The average molecular weight is 263 g/mol. The van der Waals surface area contributed by atoms with Crippen LogP contribution in [-0.4, -0.2) is 30.4 Å². The summed E-state index contributed by atoms with van der Waals surface area (Å²) in [7, 11) is 0. The number of anilines is 1. The zero-order chi connectivity index (χ0) is 14.3. The van der Waals surface area contributed by atoms with Gasteiger partial charge in [-0.25, -0.2) is 4.39 Å². The summed E-state index contributed by atoms with van der Waals surface area (Å²) in [5.41, 5.74) is 0.178. The maximum absolute atomic E-state index is 13.4. The highest BCUT2D eigenvalue weighted by Crippen LogP contribution is 2.12. The van der Waals surface area contributed by atoms with Crippen LogP contribution in [0.1, 0.15) is 13.8 Å². The highest BCUT2D eigenvalue weighted by atomic mass is 19.1. The van der Waals surface area contributed by atoms with Gasteiger partial charge in [0.1, 0.15) is 5.82 Å². The zero-order valence-electron chi connectivity index (χ0n) is 11.2. The minimum atomic E-state index is -0.454. The molecule has 1 aromatic carbocycles. The number of likely N-dealkylation sites (N-methyl/N-ethyl adjacent to an activating group) is 1. The fourth-order valence-electron chi connectivity index (χ4n) is 1.69. The fourth-order valence-corrected chi connectivity index (χ4v) is 1.69. The van der Waals surface area contributed by atoms with E-state index >= 15 is 0 Å². The molecule has 0 saturated heterocycles. The molecule has 0 aliphatic heterocycles. The maximum Gasteiger partial charge on any atom is 0.238 e. The van der Waals surface area contributed by atoms with Crippen molar-refractivity contribution in [3.05, 3.63) is 30.1 Å². The number of rotatable bonds is 6. The Labute approximate surface area is 112 Å². The lowest BCUT2D eigenvalue weighted by molar-refractivity contribution is -0.117. The first kappa shape index (κ1) is 15.1. The van der Waals surface area contributed by atoms with Crippen molar-refractivity contribution < 1.29 is 9.18 Å². The molecule has 0 aromatic heterocycles. The molecule has 4 nitrogen and oxygen atoms in total. The second kappa shape index (κ2) is 7.49. The van der Waals surface area contributed by atoms with Gasteiger partial charge in [-0.05, 0) is 25.6 Å². The first-order valence-corrected chi connectivity index (χ1v) is 6.23. The molecule has 1 rings (SSSR count). The van der Waals surface area contributed by atoms with Crippen molar-refractivity contribution in [2.45, 2.75) is 13.8 Å². The minimum Gasteiger partial charge on any atom is -0.322 e. The molecule has 1 N–H and O–H groups in total. The second-order valence-corrected chi connectivity index (χ2v) is 4.39. The molecule has 0 spiro atoms. The quantitative estimate of drug-likeness (QED) is 0.856. The van der Waals surface area contributed by atoms with E-state index in [0.29, 0.717) is 13.1 Å². The predicted octanol–water partition coefficient (Wildman–Crippen LogP) is 2.25. The van der Waals surface area contributed by atoms with Gasteiger partial charge in [-0.3, -0.25) is 9.69 Å². The van der Waals surface area contributed by atoms with E-state index in [1.165, 1.54) is 12.1 Å². The standard InChI is InChI=1S/C14H18FN3O/c1-3-18(9-11(2)8-16)10-14(19)17-13-7-5-4-6-12(13)15/h4-7,11H,3,9-10H2,1-2H3,(H,17,19). The first-order valence-electron chi connectivity index (χ1n) is 6.23. The van der Waals surface area contributed by atoms with Crippen LogP contribution in [0.2, 0.25) is 0 Å². The number of nitriles is 1. The molecule has 5 heteroatoms. The summed E-state index contributed by atoms with van der Waals surface area (Å²) in [6.45, 7) is 5.06. The van der Waals surface area contributed by atoms with Gasteiger partial charge in [-0.1, -0.05) is 19.1 Å². The van der Waals surface area contributed by atoms with Crippen LogP contribution in [0.3, 0.4) is 0 Å². The molecule has 0 saturated carbocycles. The Morgan fingerprint density at radius 2 is 2.21 bits per heavy atom. The molecule has 1 unspecified atom stereocenters. The van der Waals surface area contributed by atoms with E-state index in [4.69, 9.17) is 5.26 Å². The van der Waals surface area contributed by atoms with Crippen LogP contribution in [0, 0.1) is 23.1 Å². The molecule has 0 heterocycles. The lowest BCUT2D eigenvalue weighted by Crippen LogP contribution is -2.35. The topological polar surface area (TPSA) is 56.1 Å². The SMILES string of the molecule is CCN(CC(=O)Nc1ccccc1F)CC(C)C#N. The number of carbonyl (C=O) groups excluding carboxylic acids is 1. The van der Waals surface area contributed by atoms with E-state index in [1.807, 2.05) is 11.8 Å². The summed E-state index contributed by atoms with van der Waals surface area (Å²) in [4.78, 5) is 13.7. The minimum absolute atomic E-state index is 0.138. The number of carbonyl (C=O) groups is 1. The van der Waals surface area contributed by atoms with Crippen LogP contribution in [0.15, 0.2) is 24.3 Å². The number of para-hydroxylation sites is 1. The number of nitrogens with one attached hydrogen (secondary N) is 1. The Balaban J connectivity index is 2.55. The molecule has 19 heavy (non-hydrogen) atoms. The molecular formula is C14H18FN3O. The maximum atomic E-state index is 13.4. The summed E-state index contributed by atoms with van der Waals surface area (Å²) in [6.07, 6.45) is 0. The summed E-state index contributed by atoms with van der Waals surface area (Å²) < 4.78 is 13.4. The molecule has 0 fully saturated rings. The lowest BCUT2D eigenvalue weighted by atomic mass is 10.2. The molecular weight excluding hydrogens is 245 g/mol. The first-order chi connectivity index (χ1) is 9.06. The van der Waals surface area contributed by atoms with Crippen LogP contribution in [0.5, 0.6) is 0 Å². The number of hydrogen-bond donors (Lipinski definition) is 1. The van der Waals surface area contributed by atoms with E-state index in [0.717, 1.165) is 0 Å². The zero-order valence-corrected chi connectivity index (χ0v) is 11.2. The number of halogens is 1. The van der Waals surface area contributed by atoms with Gasteiger partial charge < -0.3 is 5.32 Å². The molecule has 102 valence electrons. The Kier molecular flexibility index (Phi) is 5.97. The van der Waals surface area contributed by atoms with Crippen LogP contribution < -0.4 is 5.32 Å². The van der Waals surface area contributed by atoms with Gasteiger partial charge in [0.2, 0.25) is 5.91 Å². The van der Waals surface area contributed by atoms with Crippen molar-refractivity contribution >= 4 is 11.6 Å². The average Bonchev–Trinajstić information content (AvgIpc) is 2.40. The van der Waals surface area contributed by atoms with Crippen LogP contribution in [0.25, 0.3) is 0 Å². The number of hydrogen-bond acceptors (Lipinski definition) is 3. The molecule has 0 aliphatic rings. The molecule has 0 radical (unpaired) electrons. The van der Waals surface area contributed by atoms with Crippen LogP contribution in [-0.2, 0) is 4.79 Å². The van der Waals surface area contributed by atoms with Gasteiger partial charge in [-0.15, -0.1) is 0 Å². The normalized spacial score (nSPS) is 11.9. The number of nitrogens with zero attached hydrogens (tertiary/aromatic N) is 2. The molecule has 0 aliphatic carbocycles. The molecule has 1 amide bonds. The van der Waals surface area contributed by atoms with Crippen molar-refractivity contribution in [1.29, 1.82) is 5.26 Å². The van der Waals surface area contributed by atoms with Crippen molar-refractivity contribution in [1.82, 2.24) is 4.90 Å². The third-order valence-corrected chi connectivity index (χ3v) is 2.71. The van der Waals surface area contributed by atoms with E-state index in [1.54, 1.807) is 19.1 Å². The largest absolute Gasteiger partial charge is 0.322 e. The highest BCUT2D eigenvalue weighted by molar-refractivity contribution is 5.92.